The number of carbonyl (C=O) groups excluding carboxylic acids is 1. The molecule has 0 bridgehead atoms. The molecule has 0 aliphatic carbocycles. The van der Waals surface area contributed by atoms with Crippen molar-refractivity contribution >= 4 is 16.9 Å². The molecule has 1 fully saturated rings. The largest absolute Gasteiger partial charge is 0.335 e. The van der Waals surface area contributed by atoms with Crippen molar-refractivity contribution in [3.05, 3.63) is 38.7 Å². The Morgan fingerprint density at radius 1 is 1.08 bits per heavy atom. The van der Waals surface area contributed by atoms with Crippen LogP contribution in [0.2, 0.25) is 0 Å². The summed E-state index contributed by atoms with van der Waals surface area (Å²) in [5.41, 5.74) is -0.362. The van der Waals surface area contributed by atoms with Crippen molar-refractivity contribution in [1.82, 2.24) is 23.9 Å². The average Bonchev–Trinajstić information content (AvgIpc) is 2.63. The van der Waals surface area contributed by atoms with Gasteiger partial charge in [-0.15, -0.1) is 0 Å². The molecule has 0 saturated carbocycles. The lowest BCUT2D eigenvalue weighted by molar-refractivity contribution is 0.0618. The van der Waals surface area contributed by atoms with Gasteiger partial charge in [-0.2, -0.15) is 0 Å². The molecule has 2 aromatic rings. The van der Waals surface area contributed by atoms with E-state index in [1.807, 2.05) is 0 Å². The second kappa shape index (κ2) is 7.03. The fourth-order valence-electron chi connectivity index (χ4n) is 3.39. The molecule has 0 unspecified atom stereocenters. The quantitative estimate of drug-likeness (QED) is 0.773. The van der Waals surface area contributed by atoms with Crippen LogP contribution in [0.15, 0.2) is 21.7 Å². The number of aryl methyl sites for hydroxylation is 1. The van der Waals surface area contributed by atoms with Gasteiger partial charge >= 0.3 is 5.69 Å². The van der Waals surface area contributed by atoms with Crippen molar-refractivity contribution in [2.75, 3.05) is 32.7 Å². The minimum Gasteiger partial charge on any atom is -0.335 e. The van der Waals surface area contributed by atoms with Gasteiger partial charge in [0.2, 0.25) is 0 Å². The highest BCUT2D eigenvalue weighted by molar-refractivity contribution is 5.94. The molecule has 0 spiro atoms. The Morgan fingerprint density at radius 2 is 1.73 bits per heavy atom. The monoisotopic (exact) mass is 359 g/mol. The van der Waals surface area contributed by atoms with Crippen molar-refractivity contribution in [1.29, 1.82) is 0 Å². The van der Waals surface area contributed by atoms with Crippen molar-refractivity contribution in [2.45, 2.75) is 13.8 Å². The molecule has 8 heteroatoms. The molecule has 1 amide bonds. The maximum Gasteiger partial charge on any atom is 0.332 e. The smallest absolute Gasteiger partial charge is 0.332 e. The van der Waals surface area contributed by atoms with Crippen LogP contribution in [-0.4, -0.2) is 62.5 Å². The number of fused-ring (bicyclic) bond motifs is 1. The third-order valence-corrected chi connectivity index (χ3v) is 4.80. The number of hydrogen-bond acceptors (Lipinski definition) is 5. The van der Waals surface area contributed by atoms with Gasteiger partial charge in [0, 0.05) is 46.8 Å². The molecular formula is C18H25N5O3. The molecular weight excluding hydrogens is 334 g/mol. The second-order valence-corrected chi connectivity index (χ2v) is 7.26. The highest BCUT2D eigenvalue weighted by Gasteiger charge is 2.24. The first kappa shape index (κ1) is 18.3. The van der Waals surface area contributed by atoms with Gasteiger partial charge in [0.15, 0.2) is 0 Å². The van der Waals surface area contributed by atoms with Gasteiger partial charge in [-0.3, -0.25) is 23.6 Å². The van der Waals surface area contributed by atoms with Gasteiger partial charge in [0.1, 0.15) is 11.3 Å². The highest BCUT2D eigenvalue weighted by Crippen LogP contribution is 2.11. The lowest BCUT2D eigenvalue weighted by atomic mass is 10.2. The summed E-state index contributed by atoms with van der Waals surface area (Å²) in [6.45, 7) is 8.40. The Kier molecular flexibility index (Phi) is 4.95. The Hall–Kier alpha value is -2.48. The molecule has 0 N–H and O–H groups in total. The Balaban J connectivity index is 1.86. The summed E-state index contributed by atoms with van der Waals surface area (Å²) >= 11 is 0. The second-order valence-electron chi connectivity index (χ2n) is 7.26. The summed E-state index contributed by atoms with van der Waals surface area (Å²) < 4.78 is 2.34. The molecule has 3 rings (SSSR count). The van der Waals surface area contributed by atoms with Gasteiger partial charge in [0.25, 0.3) is 11.5 Å². The predicted molar refractivity (Wildman–Crippen MR) is 99.4 cm³/mol. The van der Waals surface area contributed by atoms with E-state index in [9.17, 15) is 14.4 Å². The summed E-state index contributed by atoms with van der Waals surface area (Å²) in [6, 6.07) is 3.14. The van der Waals surface area contributed by atoms with Crippen LogP contribution in [0.3, 0.4) is 0 Å². The van der Waals surface area contributed by atoms with Crippen LogP contribution in [0.25, 0.3) is 11.0 Å². The number of carbonyl (C=O) groups is 1. The number of amides is 1. The Morgan fingerprint density at radius 3 is 2.35 bits per heavy atom. The van der Waals surface area contributed by atoms with Crippen LogP contribution in [0, 0.1) is 5.92 Å². The minimum absolute atomic E-state index is 0.163. The van der Waals surface area contributed by atoms with Crippen molar-refractivity contribution in [3.63, 3.8) is 0 Å². The van der Waals surface area contributed by atoms with Gasteiger partial charge in [0.05, 0.1) is 5.39 Å². The van der Waals surface area contributed by atoms with Crippen LogP contribution >= 0.6 is 0 Å². The van der Waals surface area contributed by atoms with Gasteiger partial charge < -0.3 is 4.90 Å². The number of piperazine rings is 1. The first-order valence-electron chi connectivity index (χ1n) is 8.88. The molecule has 3 heterocycles. The van der Waals surface area contributed by atoms with Crippen LogP contribution in [0.4, 0.5) is 0 Å². The fraction of sp³-hybridized carbons (Fsp3) is 0.556. The van der Waals surface area contributed by atoms with E-state index < -0.39 is 11.2 Å². The standard InChI is InChI=1S/C18H25N5O3/c1-12(2)11-22-7-9-23(10-8-22)17(25)14-6-5-13-15(19-14)20(3)18(26)21(4)16(13)24/h5-6,12H,7-11H2,1-4H3. The van der Waals surface area contributed by atoms with E-state index >= 15 is 0 Å². The summed E-state index contributed by atoms with van der Waals surface area (Å²) in [5, 5.41) is 0.327. The van der Waals surface area contributed by atoms with Crippen LogP contribution < -0.4 is 11.2 Å². The zero-order valence-electron chi connectivity index (χ0n) is 15.7. The summed E-state index contributed by atoms with van der Waals surface area (Å²) in [6.07, 6.45) is 0. The van der Waals surface area contributed by atoms with Crippen LogP contribution in [0.5, 0.6) is 0 Å². The van der Waals surface area contributed by atoms with Crippen LogP contribution in [0.1, 0.15) is 24.3 Å². The normalized spacial score (nSPS) is 15.8. The number of nitrogens with zero attached hydrogens (tertiary/aromatic N) is 5. The molecule has 0 aromatic carbocycles. The van der Waals surface area contributed by atoms with Crippen LogP contribution in [-0.2, 0) is 14.1 Å². The fourth-order valence-corrected chi connectivity index (χ4v) is 3.39. The van der Waals surface area contributed by atoms with Crippen molar-refractivity contribution in [3.8, 4) is 0 Å². The zero-order valence-corrected chi connectivity index (χ0v) is 15.7. The van der Waals surface area contributed by atoms with Gasteiger partial charge in [-0.25, -0.2) is 9.78 Å². The summed E-state index contributed by atoms with van der Waals surface area (Å²) in [4.78, 5) is 45.6. The Labute approximate surface area is 151 Å². The highest BCUT2D eigenvalue weighted by atomic mass is 16.2. The summed E-state index contributed by atoms with van der Waals surface area (Å²) in [5.74, 6) is 0.438. The van der Waals surface area contributed by atoms with E-state index in [0.29, 0.717) is 24.4 Å². The lowest BCUT2D eigenvalue weighted by Gasteiger charge is -2.35. The van der Waals surface area contributed by atoms with Gasteiger partial charge in [-0.1, -0.05) is 13.8 Å². The van der Waals surface area contributed by atoms with E-state index in [0.717, 1.165) is 24.2 Å². The Bertz CT molecular complexity index is 952. The van der Waals surface area contributed by atoms with Crippen molar-refractivity contribution < 1.29 is 4.79 Å². The molecule has 1 aliphatic rings. The molecule has 1 saturated heterocycles. The predicted octanol–water partition coefficient (Wildman–Crippen LogP) is 0.0460. The summed E-state index contributed by atoms with van der Waals surface area (Å²) in [7, 11) is 2.98. The topological polar surface area (TPSA) is 80.4 Å². The zero-order chi connectivity index (χ0) is 19.0. The minimum atomic E-state index is -0.457. The number of rotatable bonds is 3. The van der Waals surface area contributed by atoms with E-state index in [1.54, 1.807) is 24.1 Å². The van der Waals surface area contributed by atoms with E-state index in [-0.39, 0.29) is 17.2 Å². The molecule has 26 heavy (non-hydrogen) atoms. The third-order valence-electron chi connectivity index (χ3n) is 4.80. The first-order chi connectivity index (χ1) is 12.3. The van der Waals surface area contributed by atoms with E-state index in [2.05, 4.69) is 23.7 Å². The molecule has 0 atom stereocenters. The van der Waals surface area contributed by atoms with E-state index in [1.165, 1.54) is 11.6 Å². The van der Waals surface area contributed by atoms with E-state index in [4.69, 9.17) is 0 Å². The molecule has 8 nitrogen and oxygen atoms in total. The third kappa shape index (κ3) is 3.29. The molecule has 1 aliphatic heterocycles. The van der Waals surface area contributed by atoms with Crippen molar-refractivity contribution in [2.24, 2.45) is 20.0 Å². The number of hydrogen-bond donors (Lipinski definition) is 0. The molecule has 140 valence electrons. The lowest BCUT2D eigenvalue weighted by Crippen LogP contribution is -2.49. The number of aromatic nitrogens is 3. The maximum atomic E-state index is 12.8. The SMILES string of the molecule is CC(C)CN1CCN(C(=O)c2ccc3c(=O)n(C)c(=O)n(C)c3n2)CC1. The number of pyridine rings is 1. The average molecular weight is 359 g/mol. The molecule has 0 radical (unpaired) electrons. The van der Waals surface area contributed by atoms with Gasteiger partial charge in [-0.05, 0) is 18.1 Å². The molecule has 2 aromatic heterocycles. The maximum absolute atomic E-state index is 12.8. The first-order valence-corrected chi connectivity index (χ1v) is 8.88.